The highest BCUT2D eigenvalue weighted by molar-refractivity contribution is 5.91. The van der Waals surface area contributed by atoms with Gasteiger partial charge in [-0.2, -0.15) is 0 Å². The number of ether oxygens (including phenoxy) is 1. The normalized spacial score (nSPS) is 19.6. The van der Waals surface area contributed by atoms with Crippen LogP contribution in [-0.2, 0) is 35.3 Å². The summed E-state index contributed by atoms with van der Waals surface area (Å²) in [5.41, 5.74) is 0.852. The molecule has 0 spiro atoms. The van der Waals surface area contributed by atoms with E-state index >= 15 is 0 Å². The summed E-state index contributed by atoms with van der Waals surface area (Å²) in [5, 5.41) is 7.84. The molecule has 1 heterocycles. The molecule has 2 rings (SSSR count). The molecule has 35 heavy (non-hydrogen) atoms. The second-order valence-electron chi connectivity index (χ2n) is 8.33. The van der Waals surface area contributed by atoms with Crippen LogP contribution < -0.4 is 16.0 Å². The predicted octanol–water partition coefficient (Wildman–Crippen LogP) is -0.589. The monoisotopic (exact) mass is 489 g/mol. The zero-order chi connectivity index (χ0) is 25.6. The topological polar surface area (TPSA) is 137 Å². The number of nitrogens with one attached hydrogen (secondary N) is 3. The molecule has 0 unspecified atom stereocenters. The van der Waals surface area contributed by atoms with Crippen molar-refractivity contribution >= 4 is 29.5 Å². The molecule has 0 bridgehead atoms. The van der Waals surface area contributed by atoms with Crippen LogP contribution in [0, 0.1) is 0 Å². The van der Waals surface area contributed by atoms with Crippen LogP contribution in [-0.4, -0.2) is 91.8 Å². The molecule has 5 amide bonds. The van der Waals surface area contributed by atoms with Gasteiger partial charge in [-0.3, -0.25) is 24.0 Å². The maximum Gasteiger partial charge on any atom is 0.242 e. The molecule has 1 aromatic carbocycles. The summed E-state index contributed by atoms with van der Waals surface area (Å²) in [6.45, 7) is 2.12. The van der Waals surface area contributed by atoms with E-state index in [2.05, 4.69) is 16.0 Å². The maximum absolute atomic E-state index is 13.2. The van der Waals surface area contributed by atoms with Crippen LogP contribution in [0.2, 0.25) is 0 Å². The van der Waals surface area contributed by atoms with Crippen molar-refractivity contribution in [2.24, 2.45) is 0 Å². The molecule has 3 N–H and O–H groups in total. The van der Waals surface area contributed by atoms with Crippen LogP contribution in [0.15, 0.2) is 30.3 Å². The zero-order valence-electron chi connectivity index (χ0n) is 20.4. The number of carbonyl (C=O) groups is 5. The molecule has 11 nitrogen and oxygen atoms in total. The molecule has 0 aromatic heterocycles. The minimum Gasteiger partial charge on any atom is -0.385 e. The summed E-state index contributed by atoms with van der Waals surface area (Å²) in [6, 6.07) is 8.43. The van der Waals surface area contributed by atoms with Gasteiger partial charge in [0.25, 0.3) is 0 Å². The van der Waals surface area contributed by atoms with Gasteiger partial charge in [-0.05, 0) is 18.9 Å². The molecular weight excluding hydrogens is 454 g/mol. The second kappa shape index (κ2) is 14.7. The van der Waals surface area contributed by atoms with E-state index in [0.29, 0.717) is 13.0 Å². The number of hydrogen-bond acceptors (Lipinski definition) is 6. The van der Waals surface area contributed by atoms with E-state index in [1.807, 2.05) is 30.3 Å². The van der Waals surface area contributed by atoms with E-state index in [1.54, 1.807) is 7.11 Å². The molecular formula is C24H35N5O6. The van der Waals surface area contributed by atoms with E-state index in [9.17, 15) is 24.0 Å². The summed E-state index contributed by atoms with van der Waals surface area (Å²) in [7, 11) is 1.55. The van der Waals surface area contributed by atoms with Crippen LogP contribution >= 0.6 is 0 Å². The Labute approximate surface area is 205 Å². The maximum atomic E-state index is 13.2. The van der Waals surface area contributed by atoms with Crippen molar-refractivity contribution < 1.29 is 28.7 Å². The van der Waals surface area contributed by atoms with E-state index in [-0.39, 0.29) is 63.9 Å². The van der Waals surface area contributed by atoms with Crippen LogP contribution in [0.4, 0.5) is 0 Å². The van der Waals surface area contributed by atoms with Crippen LogP contribution in [0.1, 0.15) is 31.7 Å². The first-order chi connectivity index (χ1) is 16.8. The van der Waals surface area contributed by atoms with E-state index in [0.717, 1.165) is 5.56 Å². The standard InChI is InChI=1S/C24H35N5O6/c1-18-24(34)26-11-9-20(30)25-12-10-22(32)29(15-19-7-4-3-5-8-19)17-23(33)28(13-6-14-35-2)16-21(31)27-18/h3-5,7-8,18H,6,9-17H2,1-2H3,(H,25,30)(H,26,34)(H,27,31)/t18-/m0/s1. The van der Waals surface area contributed by atoms with Gasteiger partial charge in [0.05, 0.1) is 6.54 Å². The first kappa shape index (κ1) is 27.8. The van der Waals surface area contributed by atoms with Gasteiger partial charge >= 0.3 is 0 Å². The lowest BCUT2D eigenvalue weighted by Crippen LogP contribution is -2.50. The Balaban J connectivity index is 2.23. The van der Waals surface area contributed by atoms with Gasteiger partial charge in [0.15, 0.2) is 0 Å². The Bertz CT molecular complexity index is 878. The number of rotatable bonds is 6. The number of benzene rings is 1. The predicted molar refractivity (Wildman–Crippen MR) is 128 cm³/mol. The van der Waals surface area contributed by atoms with Gasteiger partial charge in [-0.1, -0.05) is 30.3 Å². The van der Waals surface area contributed by atoms with E-state index in [1.165, 1.54) is 16.7 Å². The van der Waals surface area contributed by atoms with Gasteiger partial charge < -0.3 is 30.5 Å². The summed E-state index contributed by atoms with van der Waals surface area (Å²) in [6.07, 6.45) is 0.559. The summed E-state index contributed by atoms with van der Waals surface area (Å²) >= 11 is 0. The smallest absolute Gasteiger partial charge is 0.242 e. The quantitative estimate of drug-likeness (QED) is 0.457. The van der Waals surface area contributed by atoms with Gasteiger partial charge in [0, 0.05) is 52.7 Å². The fourth-order valence-electron chi connectivity index (χ4n) is 3.52. The highest BCUT2D eigenvalue weighted by Crippen LogP contribution is 2.08. The summed E-state index contributed by atoms with van der Waals surface area (Å²) < 4.78 is 5.07. The SMILES string of the molecule is COCCCN1CC(=O)N[C@@H](C)C(=O)NCCC(=O)NCCC(=O)N(Cc2ccccc2)CC1=O. The molecule has 1 aromatic rings. The average Bonchev–Trinajstić information content (AvgIpc) is 2.83. The Hall–Kier alpha value is -3.47. The lowest BCUT2D eigenvalue weighted by Gasteiger charge is -2.28. The van der Waals surface area contributed by atoms with Crippen molar-refractivity contribution in [3.63, 3.8) is 0 Å². The fourth-order valence-corrected chi connectivity index (χ4v) is 3.52. The molecule has 0 radical (unpaired) electrons. The molecule has 11 heteroatoms. The molecule has 1 fully saturated rings. The number of hydrogen-bond donors (Lipinski definition) is 3. The highest BCUT2D eigenvalue weighted by Gasteiger charge is 2.25. The van der Waals surface area contributed by atoms with Gasteiger partial charge in [-0.15, -0.1) is 0 Å². The molecule has 1 aliphatic rings. The Morgan fingerprint density at radius 3 is 2.31 bits per heavy atom. The molecule has 192 valence electrons. The second-order valence-corrected chi connectivity index (χ2v) is 8.33. The van der Waals surface area contributed by atoms with Crippen molar-refractivity contribution in [1.29, 1.82) is 0 Å². The van der Waals surface area contributed by atoms with Crippen molar-refractivity contribution in [1.82, 2.24) is 25.8 Å². The van der Waals surface area contributed by atoms with Gasteiger partial charge in [0.1, 0.15) is 12.6 Å². The Morgan fingerprint density at radius 1 is 0.886 bits per heavy atom. The first-order valence-corrected chi connectivity index (χ1v) is 11.7. The van der Waals surface area contributed by atoms with E-state index < -0.39 is 23.8 Å². The number of amides is 5. The largest absolute Gasteiger partial charge is 0.385 e. The zero-order valence-corrected chi connectivity index (χ0v) is 20.4. The lowest BCUT2D eigenvalue weighted by molar-refractivity contribution is -0.143. The van der Waals surface area contributed by atoms with Crippen molar-refractivity contribution in [2.75, 3.05) is 46.4 Å². The summed E-state index contributed by atoms with van der Waals surface area (Å²) in [5.74, 6) is -1.94. The lowest BCUT2D eigenvalue weighted by atomic mass is 10.2. The van der Waals surface area contributed by atoms with Crippen molar-refractivity contribution in [2.45, 2.75) is 38.8 Å². The van der Waals surface area contributed by atoms with Gasteiger partial charge in [-0.25, -0.2) is 0 Å². The number of nitrogens with zero attached hydrogens (tertiary/aromatic N) is 2. The molecule has 1 saturated heterocycles. The van der Waals surface area contributed by atoms with Crippen LogP contribution in [0.25, 0.3) is 0 Å². The molecule has 1 atom stereocenters. The van der Waals surface area contributed by atoms with Crippen molar-refractivity contribution in [3.05, 3.63) is 35.9 Å². The van der Waals surface area contributed by atoms with E-state index in [4.69, 9.17) is 4.74 Å². The van der Waals surface area contributed by atoms with Crippen LogP contribution in [0.3, 0.4) is 0 Å². The van der Waals surface area contributed by atoms with Gasteiger partial charge in [0.2, 0.25) is 29.5 Å². The molecule has 0 saturated carbocycles. The third-order valence-corrected chi connectivity index (χ3v) is 5.44. The first-order valence-electron chi connectivity index (χ1n) is 11.7. The molecule has 1 aliphatic heterocycles. The third-order valence-electron chi connectivity index (χ3n) is 5.44. The Kier molecular flexibility index (Phi) is 11.7. The summed E-state index contributed by atoms with van der Waals surface area (Å²) in [4.78, 5) is 65.9. The third kappa shape index (κ3) is 10.1. The molecule has 0 aliphatic carbocycles. The fraction of sp³-hybridized carbons (Fsp3) is 0.542. The Morgan fingerprint density at radius 2 is 1.60 bits per heavy atom. The number of methoxy groups -OCH3 is 1. The van der Waals surface area contributed by atoms with Crippen LogP contribution in [0.5, 0.6) is 0 Å². The minimum atomic E-state index is -0.840. The minimum absolute atomic E-state index is 0.0133. The highest BCUT2D eigenvalue weighted by atomic mass is 16.5. The van der Waals surface area contributed by atoms with Crippen molar-refractivity contribution in [3.8, 4) is 0 Å². The average molecular weight is 490 g/mol. The number of carbonyl (C=O) groups excluding carboxylic acids is 5.